The van der Waals surface area contributed by atoms with Crippen LogP contribution < -0.4 is 0 Å². The second-order valence-corrected chi connectivity index (χ2v) is 12.5. The molecule has 5 fully saturated rings. The fourth-order valence-electron chi connectivity index (χ4n) is 6.66. The molecule has 4 heterocycles. The van der Waals surface area contributed by atoms with Gasteiger partial charge in [0.2, 0.25) is 5.82 Å². The van der Waals surface area contributed by atoms with Crippen LogP contribution in [0.1, 0.15) is 61.2 Å². The van der Waals surface area contributed by atoms with Crippen molar-refractivity contribution < 1.29 is 23.1 Å². The lowest BCUT2D eigenvalue weighted by Crippen LogP contribution is -2.71. The summed E-state index contributed by atoms with van der Waals surface area (Å²) in [6, 6.07) is 0.390. The summed E-state index contributed by atoms with van der Waals surface area (Å²) in [7, 11) is 0. The number of hydrogen-bond donors (Lipinski definition) is 1. The van der Waals surface area contributed by atoms with Gasteiger partial charge in [-0.15, -0.1) is 0 Å². The van der Waals surface area contributed by atoms with E-state index in [0.29, 0.717) is 23.2 Å². The third-order valence-corrected chi connectivity index (χ3v) is 9.37. The summed E-state index contributed by atoms with van der Waals surface area (Å²) < 4.78 is 43.3. The number of halogens is 3. The third-order valence-electron chi connectivity index (χ3n) is 8.63. The number of likely N-dealkylation sites (tertiary alicyclic amines) is 2. The van der Waals surface area contributed by atoms with E-state index in [4.69, 9.17) is 0 Å². The molecule has 1 N–H and O–H groups in total. The van der Waals surface area contributed by atoms with Crippen molar-refractivity contribution in [3.63, 3.8) is 0 Å². The SMILES string of the molecule is O=C(N1CC2(CC(Cc3nc(C(F)(F)F)ns3)C2)C1)N1CC2(CC(n3cnc(C4(O)CC4)n3)C2)C1. The van der Waals surface area contributed by atoms with E-state index in [2.05, 4.69) is 19.4 Å². The summed E-state index contributed by atoms with van der Waals surface area (Å²) in [5.74, 6) is -0.193. The molecule has 0 bridgehead atoms. The predicted molar refractivity (Wildman–Crippen MR) is 116 cm³/mol. The van der Waals surface area contributed by atoms with Crippen LogP contribution in [0.5, 0.6) is 0 Å². The van der Waals surface area contributed by atoms with E-state index in [-0.39, 0.29) is 22.9 Å². The quantitative estimate of drug-likeness (QED) is 0.681. The number of rotatable bonds is 4. The van der Waals surface area contributed by atoms with Crippen molar-refractivity contribution in [1.82, 2.24) is 33.9 Å². The first-order valence-electron chi connectivity index (χ1n) is 12.1. The molecular formula is C22H26F3N7O2S. The van der Waals surface area contributed by atoms with Gasteiger partial charge >= 0.3 is 12.2 Å². The molecular weight excluding hydrogens is 483 g/mol. The molecule has 2 aromatic heterocycles. The molecule has 0 atom stereocenters. The summed E-state index contributed by atoms with van der Waals surface area (Å²) in [4.78, 5) is 24.6. The summed E-state index contributed by atoms with van der Waals surface area (Å²) in [5, 5.41) is 15.1. The highest BCUT2D eigenvalue weighted by Gasteiger charge is 2.59. The van der Waals surface area contributed by atoms with Gasteiger partial charge in [0.15, 0.2) is 5.82 Å². The lowest BCUT2D eigenvalue weighted by atomic mass is 9.57. The van der Waals surface area contributed by atoms with Gasteiger partial charge in [-0.25, -0.2) is 19.4 Å². The fourth-order valence-corrected chi connectivity index (χ4v) is 7.43. The molecule has 13 heteroatoms. The van der Waals surface area contributed by atoms with Crippen LogP contribution in [0.4, 0.5) is 18.0 Å². The Morgan fingerprint density at radius 3 is 2.29 bits per heavy atom. The van der Waals surface area contributed by atoms with E-state index < -0.39 is 17.6 Å². The van der Waals surface area contributed by atoms with E-state index in [0.717, 1.165) is 76.2 Å². The normalized spacial score (nSPS) is 26.3. The van der Waals surface area contributed by atoms with Crippen molar-refractivity contribution >= 4 is 17.6 Å². The zero-order valence-corrected chi connectivity index (χ0v) is 19.9. The average molecular weight is 510 g/mol. The molecule has 2 amide bonds. The number of hydrogen-bond acceptors (Lipinski definition) is 7. The summed E-state index contributed by atoms with van der Waals surface area (Å²) >= 11 is 0.838. The number of nitrogens with zero attached hydrogens (tertiary/aromatic N) is 7. The van der Waals surface area contributed by atoms with Crippen molar-refractivity contribution in [1.29, 1.82) is 0 Å². The van der Waals surface area contributed by atoms with Crippen LogP contribution in [0.3, 0.4) is 0 Å². The minimum atomic E-state index is -4.49. The van der Waals surface area contributed by atoms with Crippen LogP contribution in [-0.2, 0) is 18.2 Å². The van der Waals surface area contributed by atoms with E-state index >= 15 is 0 Å². The first-order chi connectivity index (χ1) is 16.5. The molecule has 7 rings (SSSR count). The first-order valence-corrected chi connectivity index (χ1v) is 12.9. The monoisotopic (exact) mass is 509 g/mol. The molecule has 35 heavy (non-hydrogen) atoms. The third kappa shape index (κ3) is 3.56. The van der Waals surface area contributed by atoms with E-state index in [1.165, 1.54) is 0 Å². The molecule has 9 nitrogen and oxygen atoms in total. The maximum atomic E-state index is 12.9. The van der Waals surface area contributed by atoms with E-state index in [9.17, 15) is 23.1 Å². The summed E-state index contributed by atoms with van der Waals surface area (Å²) in [6.45, 7) is 3.03. The van der Waals surface area contributed by atoms with Crippen LogP contribution in [0.15, 0.2) is 6.33 Å². The zero-order valence-electron chi connectivity index (χ0n) is 19.0. The molecule has 2 saturated heterocycles. The second kappa shape index (κ2) is 6.93. The Morgan fingerprint density at radius 1 is 1.09 bits per heavy atom. The predicted octanol–water partition coefficient (Wildman–Crippen LogP) is 2.84. The zero-order chi connectivity index (χ0) is 24.2. The highest BCUT2D eigenvalue weighted by Crippen LogP contribution is 2.56. The van der Waals surface area contributed by atoms with Crippen molar-refractivity contribution in [3.8, 4) is 0 Å². The minimum absolute atomic E-state index is 0.103. The second-order valence-electron chi connectivity index (χ2n) is 11.6. The van der Waals surface area contributed by atoms with E-state index in [1.54, 1.807) is 6.33 Å². The van der Waals surface area contributed by atoms with Gasteiger partial charge in [0.05, 0.1) is 6.04 Å². The Kier molecular flexibility index (Phi) is 4.35. The Balaban J connectivity index is 0.845. The number of carbonyl (C=O) groups excluding carboxylic acids is 1. The van der Waals surface area contributed by atoms with Gasteiger partial charge in [-0.05, 0) is 56.0 Å². The van der Waals surface area contributed by atoms with Crippen molar-refractivity contribution in [2.75, 3.05) is 26.2 Å². The Labute approximate surface area is 203 Å². The van der Waals surface area contributed by atoms with Crippen molar-refractivity contribution in [3.05, 3.63) is 23.0 Å². The van der Waals surface area contributed by atoms with Gasteiger partial charge in [0, 0.05) is 43.4 Å². The van der Waals surface area contributed by atoms with Gasteiger partial charge < -0.3 is 14.9 Å². The summed E-state index contributed by atoms with van der Waals surface area (Å²) in [6.07, 6.45) is 3.04. The van der Waals surface area contributed by atoms with Crippen molar-refractivity contribution in [2.24, 2.45) is 16.7 Å². The van der Waals surface area contributed by atoms with Gasteiger partial charge in [-0.2, -0.15) is 22.6 Å². The largest absolute Gasteiger partial charge is 0.452 e. The molecule has 2 aliphatic heterocycles. The van der Waals surface area contributed by atoms with Crippen LogP contribution in [0, 0.1) is 16.7 Å². The topological polar surface area (TPSA) is 100 Å². The number of aliphatic hydroxyl groups is 1. The van der Waals surface area contributed by atoms with Gasteiger partial charge in [0.25, 0.3) is 0 Å². The molecule has 2 spiro atoms. The van der Waals surface area contributed by atoms with Crippen LogP contribution >= 0.6 is 11.5 Å². The molecule has 5 aliphatic rings. The standard InChI is InChI=1S/C22H26F3N7O2S/c23-22(24,25)17-27-15(35-29-17)3-13-4-19(5-13)8-30(9-19)18(33)31-10-20(11-31)6-14(7-20)32-12-26-16(28-32)21(34)1-2-21/h12-14,34H,1-11H2. The number of urea groups is 1. The molecule has 0 radical (unpaired) electrons. The van der Waals surface area contributed by atoms with Gasteiger partial charge in [-0.3, -0.25) is 0 Å². The summed E-state index contributed by atoms with van der Waals surface area (Å²) in [5.41, 5.74) is -0.488. The molecule has 2 aromatic rings. The molecule has 0 aromatic carbocycles. The van der Waals surface area contributed by atoms with Gasteiger partial charge in [-0.1, -0.05) is 0 Å². The van der Waals surface area contributed by atoms with E-state index in [1.807, 2.05) is 14.5 Å². The maximum absolute atomic E-state index is 12.9. The lowest BCUT2D eigenvalue weighted by molar-refractivity contribution is -0.144. The fraction of sp³-hybridized carbons (Fsp3) is 0.773. The Bertz CT molecular complexity index is 1160. The average Bonchev–Trinajstić information content (AvgIpc) is 3.10. The highest BCUT2D eigenvalue weighted by atomic mass is 32.1. The number of aromatic nitrogens is 5. The smallest absolute Gasteiger partial charge is 0.382 e. The number of alkyl halides is 3. The van der Waals surface area contributed by atoms with Crippen molar-refractivity contribution in [2.45, 2.75) is 62.8 Å². The van der Waals surface area contributed by atoms with Gasteiger partial charge in [0.1, 0.15) is 16.9 Å². The Morgan fingerprint density at radius 2 is 1.71 bits per heavy atom. The first kappa shape index (κ1) is 22.0. The van der Waals surface area contributed by atoms with Crippen LogP contribution in [0.2, 0.25) is 0 Å². The molecule has 0 unspecified atom stereocenters. The highest BCUT2D eigenvalue weighted by molar-refractivity contribution is 7.05. The number of carbonyl (C=O) groups is 1. The minimum Gasteiger partial charge on any atom is -0.382 e. The lowest BCUT2D eigenvalue weighted by Gasteiger charge is -2.63. The van der Waals surface area contributed by atoms with Crippen LogP contribution in [-0.4, -0.2) is 71.2 Å². The molecule has 3 aliphatic carbocycles. The number of amides is 2. The molecule has 3 saturated carbocycles. The molecule has 188 valence electrons. The maximum Gasteiger partial charge on any atom is 0.452 e. The van der Waals surface area contributed by atoms with Crippen LogP contribution in [0.25, 0.3) is 0 Å². The Hall–Kier alpha value is -2.28.